The minimum atomic E-state index is -0.638. The third-order valence-corrected chi connectivity index (χ3v) is 6.20. The summed E-state index contributed by atoms with van der Waals surface area (Å²) in [6, 6.07) is 22.2. The van der Waals surface area contributed by atoms with Gasteiger partial charge in [-0.25, -0.2) is 0 Å². The van der Waals surface area contributed by atoms with Crippen molar-refractivity contribution in [3.63, 3.8) is 0 Å². The number of aromatic nitrogens is 1. The lowest BCUT2D eigenvalue weighted by Crippen LogP contribution is -2.54. The molecule has 1 atom stereocenters. The molecular weight excluding hydrogens is 398 g/mol. The van der Waals surface area contributed by atoms with Crippen LogP contribution >= 0.6 is 0 Å². The summed E-state index contributed by atoms with van der Waals surface area (Å²) in [7, 11) is 0. The van der Waals surface area contributed by atoms with Gasteiger partial charge in [0.25, 0.3) is 5.91 Å². The topological polar surface area (TPSA) is 62.3 Å². The summed E-state index contributed by atoms with van der Waals surface area (Å²) in [4.78, 5) is 32.2. The number of benzene rings is 2. The Morgan fingerprint density at radius 1 is 1.00 bits per heavy atom. The fraction of sp³-hybridized carbons (Fsp3) is 0.296. The van der Waals surface area contributed by atoms with Crippen molar-refractivity contribution in [3.8, 4) is 11.1 Å². The Labute approximate surface area is 189 Å². The summed E-state index contributed by atoms with van der Waals surface area (Å²) in [5.74, 6) is -0.0401. The molecule has 3 aromatic rings. The molecule has 1 aliphatic heterocycles. The second kappa shape index (κ2) is 9.77. The van der Waals surface area contributed by atoms with Crippen molar-refractivity contribution in [3.05, 3.63) is 90.3 Å². The molecule has 32 heavy (non-hydrogen) atoms. The Morgan fingerprint density at radius 3 is 2.44 bits per heavy atom. The molecule has 0 radical (unpaired) electrons. The molecule has 0 spiro atoms. The monoisotopic (exact) mass is 427 g/mol. The molecule has 1 N–H and O–H groups in total. The van der Waals surface area contributed by atoms with Crippen molar-refractivity contribution >= 4 is 11.8 Å². The van der Waals surface area contributed by atoms with Crippen molar-refractivity contribution in [2.75, 3.05) is 19.6 Å². The Morgan fingerprint density at radius 2 is 1.75 bits per heavy atom. The summed E-state index contributed by atoms with van der Waals surface area (Å²) in [5.41, 5.74) is 3.35. The molecule has 5 heteroatoms. The second-order valence-electron chi connectivity index (χ2n) is 8.45. The molecule has 2 aromatic carbocycles. The lowest BCUT2D eigenvalue weighted by molar-refractivity contribution is -0.133. The third-order valence-electron chi connectivity index (χ3n) is 6.20. The number of carbonyl (C=O) groups is 2. The first-order valence-corrected chi connectivity index (χ1v) is 11.2. The summed E-state index contributed by atoms with van der Waals surface area (Å²) in [6.07, 6.45) is 5.41. The highest BCUT2D eigenvalue weighted by atomic mass is 16.2. The number of nitrogens with one attached hydrogen (secondary N) is 1. The van der Waals surface area contributed by atoms with E-state index in [2.05, 4.69) is 46.7 Å². The lowest BCUT2D eigenvalue weighted by atomic mass is 9.74. The van der Waals surface area contributed by atoms with E-state index in [-0.39, 0.29) is 11.8 Å². The predicted molar refractivity (Wildman–Crippen MR) is 126 cm³/mol. The largest absolute Gasteiger partial charge is 0.356 e. The second-order valence-corrected chi connectivity index (χ2v) is 8.45. The van der Waals surface area contributed by atoms with Gasteiger partial charge >= 0.3 is 0 Å². The summed E-state index contributed by atoms with van der Waals surface area (Å²) >= 11 is 0. The number of carbonyl (C=O) groups excluding carboxylic acids is 2. The average molecular weight is 428 g/mol. The van der Waals surface area contributed by atoms with Crippen LogP contribution in [-0.4, -0.2) is 41.3 Å². The van der Waals surface area contributed by atoms with Crippen LogP contribution in [0.4, 0.5) is 0 Å². The van der Waals surface area contributed by atoms with E-state index in [1.54, 1.807) is 24.5 Å². The normalized spacial score (nSPS) is 18.2. The minimum absolute atomic E-state index is 0.0239. The van der Waals surface area contributed by atoms with Gasteiger partial charge in [-0.2, -0.15) is 0 Å². The summed E-state index contributed by atoms with van der Waals surface area (Å²) < 4.78 is 0. The highest BCUT2D eigenvalue weighted by Crippen LogP contribution is 2.35. The van der Waals surface area contributed by atoms with Gasteiger partial charge in [-0.15, -0.1) is 0 Å². The molecule has 1 aliphatic rings. The van der Waals surface area contributed by atoms with Gasteiger partial charge in [0.1, 0.15) is 0 Å². The van der Waals surface area contributed by atoms with Crippen molar-refractivity contribution in [1.29, 1.82) is 0 Å². The van der Waals surface area contributed by atoms with E-state index >= 15 is 0 Å². The fourth-order valence-electron chi connectivity index (χ4n) is 4.57. The van der Waals surface area contributed by atoms with Gasteiger partial charge in [-0.3, -0.25) is 14.6 Å². The zero-order chi connectivity index (χ0) is 22.4. The van der Waals surface area contributed by atoms with Crippen LogP contribution in [0, 0.1) is 5.41 Å². The van der Waals surface area contributed by atoms with Crippen LogP contribution in [0.3, 0.4) is 0 Å². The Bertz CT molecular complexity index is 1050. The molecule has 0 bridgehead atoms. The standard InChI is InChI=1S/C27H29N3O2/c1-2-29-26(32)27(15-7-17-30(20-27)25(31)24-10-6-16-28-19-24)18-21-11-13-23(14-12-21)22-8-4-3-5-9-22/h3-6,8-14,16,19H,2,7,15,17-18,20H2,1H3,(H,29,32)/t27-/m1/s1. The molecule has 1 aromatic heterocycles. The molecule has 5 nitrogen and oxygen atoms in total. The van der Waals surface area contributed by atoms with Crippen LogP contribution < -0.4 is 5.32 Å². The van der Waals surface area contributed by atoms with E-state index < -0.39 is 5.41 Å². The van der Waals surface area contributed by atoms with Gasteiger partial charge in [-0.1, -0.05) is 54.6 Å². The van der Waals surface area contributed by atoms with E-state index in [4.69, 9.17) is 0 Å². The van der Waals surface area contributed by atoms with Gasteiger partial charge < -0.3 is 10.2 Å². The summed E-state index contributed by atoms with van der Waals surface area (Å²) in [5, 5.41) is 3.02. The van der Waals surface area contributed by atoms with E-state index in [0.717, 1.165) is 24.0 Å². The maximum atomic E-state index is 13.3. The fourth-order valence-corrected chi connectivity index (χ4v) is 4.57. The van der Waals surface area contributed by atoms with Gasteiger partial charge in [-0.05, 0) is 55.0 Å². The number of nitrogens with zero attached hydrogens (tertiary/aromatic N) is 2. The number of pyridine rings is 1. The maximum absolute atomic E-state index is 13.3. The van der Waals surface area contributed by atoms with Gasteiger partial charge in [0.2, 0.25) is 5.91 Å². The zero-order valence-corrected chi connectivity index (χ0v) is 18.5. The number of likely N-dealkylation sites (tertiary alicyclic amines) is 1. The molecule has 164 valence electrons. The molecule has 0 unspecified atom stereocenters. The van der Waals surface area contributed by atoms with Crippen molar-refractivity contribution in [1.82, 2.24) is 15.2 Å². The highest BCUT2D eigenvalue weighted by molar-refractivity contribution is 5.94. The quantitative estimate of drug-likeness (QED) is 0.636. The first kappa shape index (κ1) is 21.8. The van der Waals surface area contributed by atoms with Crippen LogP contribution in [0.5, 0.6) is 0 Å². The maximum Gasteiger partial charge on any atom is 0.255 e. The van der Waals surface area contributed by atoms with Gasteiger partial charge in [0.15, 0.2) is 0 Å². The number of hydrogen-bond donors (Lipinski definition) is 1. The van der Waals surface area contributed by atoms with E-state index in [0.29, 0.717) is 31.6 Å². The Balaban J connectivity index is 1.57. The SMILES string of the molecule is CCNC(=O)[C@@]1(Cc2ccc(-c3ccccc3)cc2)CCCN(C(=O)c2cccnc2)C1. The van der Waals surface area contributed by atoms with Gasteiger partial charge in [0.05, 0.1) is 11.0 Å². The van der Waals surface area contributed by atoms with Crippen LogP contribution in [0.1, 0.15) is 35.7 Å². The molecular formula is C27H29N3O2. The first-order chi connectivity index (χ1) is 15.6. The van der Waals surface area contributed by atoms with E-state index in [9.17, 15) is 9.59 Å². The molecule has 4 rings (SSSR count). The molecule has 1 fully saturated rings. The number of rotatable bonds is 6. The molecule has 1 saturated heterocycles. The highest BCUT2D eigenvalue weighted by Gasteiger charge is 2.43. The zero-order valence-electron chi connectivity index (χ0n) is 18.5. The summed E-state index contributed by atoms with van der Waals surface area (Å²) in [6.45, 7) is 3.57. The van der Waals surface area contributed by atoms with E-state index in [1.807, 2.05) is 30.0 Å². The average Bonchev–Trinajstić information content (AvgIpc) is 2.85. The Hall–Kier alpha value is -3.47. The van der Waals surface area contributed by atoms with Crippen molar-refractivity contribution < 1.29 is 9.59 Å². The molecule has 2 heterocycles. The van der Waals surface area contributed by atoms with Crippen molar-refractivity contribution in [2.45, 2.75) is 26.2 Å². The van der Waals surface area contributed by atoms with Crippen LogP contribution in [0.15, 0.2) is 79.1 Å². The van der Waals surface area contributed by atoms with Crippen LogP contribution in [0.2, 0.25) is 0 Å². The van der Waals surface area contributed by atoms with Crippen LogP contribution in [-0.2, 0) is 11.2 Å². The molecule has 0 saturated carbocycles. The first-order valence-electron chi connectivity index (χ1n) is 11.2. The molecule has 0 aliphatic carbocycles. The Kier molecular flexibility index (Phi) is 6.64. The number of piperidine rings is 1. The number of amides is 2. The smallest absolute Gasteiger partial charge is 0.255 e. The van der Waals surface area contributed by atoms with E-state index in [1.165, 1.54) is 5.56 Å². The third kappa shape index (κ3) is 4.72. The van der Waals surface area contributed by atoms with Gasteiger partial charge in [0, 0.05) is 32.0 Å². The van der Waals surface area contributed by atoms with Crippen LogP contribution in [0.25, 0.3) is 11.1 Å². The molecule has 2 amide bonds. The minimum Gasteiger partial charge on any atom is -0.356 e. The predicted octanol–water partition coefficient (Wildman–Crippen LogP) is 4.35. The lowest BCUT2D eigenvalue weighted by Gasteiger charge is -2.42. The number of hydrogen-bond acceptors (Lipinski definition) is 3. The van der Waals surface area contributed by atoms with Crippen molar-refractivity contribution in [2.24, 2.45) is 5.41 Å².